The number of methoxy groups -OCH3 is 2. The SMILES string of the molecule is COc1ccc(N2C(=O)CC(S)C2=O)cc1OC. The average molecular weight is 267 g/mol. The van der Waals surface area contributed by atoms with Gasteiger partial charge >= 0.3 is 0 Å². The van der Waals surface area contributed by atoms with Crippen molar-refractivity contribution in [1.82, 2.24) is 0 Å². The van der Waals surface area contributed by atoms with Crippen LogP contribution in [0.1, 0.15) is 6.42 Å². The van der Waals surface area contributed by atoms with E-state index in [9.17, 15) is 9.59 Å². The van der Waals surface area contributed by atoms with Crippen LogP contribution < -0.4 is 14.4 Å². The van der Waals surface area contributed by atoms with Crippen LogP contribution in [0.3, 0.4) is 0 Å². The lowest BCUT2D eigenvalue weighted by Crippen LogP contribution is -2.30. The summed E-state index contributed by atoms with van der Waals surface area (Å²) < 4.78 is 10.2. The minimum atomic E-state index is -0.564. The molecule has 2 amide bonds. The van der Waals surface area contributed by atoms with Gasteiger partial charge < -0.3 is 9.47 Å². The Morgan fingerprint density at radius 2 is 1.89 bits per heavy atom. The number of anilines is 1. The summed E-state index contributed by atoms with van der Waals surface area (Å²) in [5, 5.41) is -0.564. The van der Waals surface area contributed by atoms with E-state index >= 15 is 0 Å². The van der Waals surface area contributed by atoms with Crippen molar-refractivity contribution in [3.8, 4) is 11.5 Å². The number of carbonyl (C=O) groups is 2. The summed E-state index contributed by atoms with van der Waals surface area (Å²) in [5.41, 5.74) is 0.471. The van der Waals surface area contributed by atoms with Crippen molar-refractivity contribution >= 4 is 30.1 Å². The van der Waals surface area contributed by atoms with Gasteiger partial charge in [0.1, 0.15) is 0 Å². The van der Waals surface area contributed by atoms with Crippen LogP contribution in [0.5, 0.6) is 11.5 Å². The van der Waals surface area contributed by atoms with Crippen molar-refractivity contribution in [3.05, 3.63) is 18.2 Å². The molecule has 1 heterocycles. The molecule has 0 aliphatic carbocycles. The van der Waals surface area contributed by atoms with Crippen LogP contribution in [0.4, 0.5) is 5.69 Å². The van der Waals surface area contributed by atoms with Gasteiger partial charge in [-0.2, -0.15) is 12.6 Å². The number of imide groups is 1. The predicted octanol–water partition coefficient (Wildman–Crippen LogP) is 1.27. The highest BCUT2D eigenvalue weighted by Gasteiger charge is 2.37. The number of nitrogens with zero attached hydrogens (tertiary/aromatic N) is 1. The first kappa shape index (κ1) is 12.8. The summed E-state index contributed by atoms with van der Waals surface area (Å²) in [6.07, 6.45) is 0.121. The molecule has 18 heavy (non-hydrogen) atoms. The third kappa shape index (κ3) is 2.03. The van der Waals surface area contributed by atoms with Crippen LogP contribution in [0.2, 0.25) is 0 Å². The van der Waals surface area contributed by atoms with E-state index in [1.165, 1.54) is 14.2 Å². The average Bonchev–Trinajstić information content (AvgIpc) is 2.62. The molecule has 2 rings (SSSR count). The van der Waals surface area contributed by atoms with Crippen molar-refractivity contribution < 1.29 is 19.1 Å². The van der Waals surface area contributed by atoms with E-state index in [2.05, 4.69) is 12.6 Å². The lowest BCUT2D eigenvalue weighted by atomic mass is 10.2. The monoisotopic (exact) mass is 267 g/mol. The minimum absolute atomic E-state index is 0.121. The van der Waals surface area contributed by atoms with E-state index < -0.39 is 5.25 Å². The number of hydrogen-bond acceptors (Lipinski definition) is 5. The number of carbonyl (C=O) groups excluding carboxylic acids is 2. The third-order valence-electron chi connectivity index (χ3n) is 2.75. The lowest BCUT2D eigenvalue weighted by Gasteiger charge is -2.16. The summed E-state index contributed by atoms with van der Waals surface area (Å²) in [6, 6.07) is 4.89. The van der Waals surface area contributed by atoms with Gasteiger partial charge in [-0.3, -0.25) is 9.59 Å². The van der Waals surface area contributed by atoms with E-state index in [0.29, 0.717) is 17.2 Å². The molecular weight excluding hydrogens is 254 g/mol. The van der Waals surface area contributed by atoms with Gasteiger partial charge in [0.05, 0.1) is 25.2 Å². The summed E-state index contributed by atoms with van der Waals surface area (Å²) in [5.74, 6) is 0.448. The molecule has 96 valence electrons. The maximum absolute atomic E-state index is 11.8. The van der Waals surface area contributed by atoms with E-state index in [4.69, 9.17) is 9.47 Å². The summed E-state index contributed by atoms with van der Waals surface area (Å²) in [6.45, 7) is 0. The second-order valence-corrected chi connectivity index (χ2v) is 4.45. The van der Waals surface area contributed by atoms with Crippen LogP contribution in [0, 0.1) is 0 Å². The molecular formula is C12H13NO4S. The van der Waals surface area contributed by atoms with Crippen molar-refractivity contribution in [3.63, 3.8) is 0 Å². The van der Waals surface area contributed by atoms with Gasteiger partial charge in [-0.05, 0) is 12.1 Å². The van der Waals surface area contributed by atoms with Crippen LogP contribution in [-0.4, -0.2) is 31.3 Å². The molecule has 0 radical (unpaired) electrons. The Hall–Kier alpha value is -1.69. The second kappa shape index (κ2) is 4.89. The fourth-order valence-corrected chi connectivity index (χ4v) is 2.12. The second-order valence-electron chi connectivity index (χ2n) is 3.83. The van der Waals surface area contributed by atoms with Gasteiger partial charge in [-0.25, -0.2) is 4.90 Å². The first-order valence-corrected chi connectivity index (χ1v) is 5.87. The molecule has 1 aromatic rings. The Morgan fingerprint density at radius 1 is 1.22 bits per heavy atom. The molecule has 1 saturated heterocycles. The molecule has 0 N–H and O–H groups in total. The molecule has 1 atom stereocenters. The lowest BCUT2D eigenvalue weighted by molar-refractivity contribution is -0.121. The van der Waals surface area contributed by atoms with Crippen molar-refractivity contribution in [2.24, 2.45) is 0 Å². The third-order valence-corrected chi connectivity index (χ3v) is 3.15. The molecule has 1 fully saturated rings. The largest absolute Gasteiger partial charge is 0.493 e. The Bertz CT molecular complexity index is 503. The van der Waals surface area contributed by atoms with Crippen LogP contribution in [0.25, 0.3) is 0 Å². The van der Waals surface area contributed by atoms with Crippen LogP contribution >= 0.6 is 12.6 Å². The number of benzene rings is 1. The van der Waals surface area contributed by atoms with Gasteiger partial charge in [0.2, 0.25) is 11.8 Å². The molecule has 6 heteroatoms. The van der Waals surface area contributed by atoms with Gasteiger partial charge in [0.15, 0.2) is 11.5 Å². The maximum atomic E-state index is 11.8. The van der Waals surface area contributed by atoms with E-state index in [0.717, 1.165) is 4.90 Å². The number of hydrogen-bond donors (Lipinski definition) is 1. The minimum Gasteiger partial charge on any atom is -0.493 e. The molecule has 0 bridgehead atoms. The molecule has 1 aliphatic rings. The zero-order valence-corrected chi connectivity index (χ0v) is 10.9. The summed E-state index contributed by atoms with van der Waals surface area (Å²) in [7, 11) is 3.02. The number of ether oxygens (including phenoxy) is 2. The zero-order chi connectivity index (χ0) is 13.3. The molecule has 1 unspecified atom stereocenters. The summed E-state index contributed by atoms with van der Waals surface area (Å²) >= 11 is 4.08. The quantitative estimate of drug-likeness (QED) is 0.662. The molecule has 5 nitrogen and oxygen atoms in total. The van der Waals surface area contributed by atoms with Crippen molar-refractivity contribution in [2.75, 3.05) is 19.1 Å². The van der Waals surface area contributed by atoms with E-state index in [1.807, 2.05) is 0 Å². The Kier molecular flexibility index (Phi) is 3.47. The van der Waals surface area contributed by atoms with E-state index in [1.54, 1.807) is 18.2 Å². The normalized spacial score (nSPS) is 19.3. The molecule has 0 aromatic heterocycles. The Morgan fingerprint density at radius 3 is 2.39 bits per heavy atom. The highest BCUT2D eigenvalue weighted by Crippen LogP contribution is 2.34. The Labute approximate surface area is 110 Å². The number of thiol groups is 1. The maximum Gasteiger partial charge on any atom is 0.247 e. The van der Waals surface area contributed by atoms with Gasteiger partial charge in [-0.15, -0.1) is 0 Å². The fourth-order valence-electron chi connectivity index (χ4n) is 1.85. The standard InChI is InChI=1S/C12H13NO4S/c1-16-8-4-3-7(5-9(8)17-2)13-11(14)6-10(18)12(13)15/h3-5,10,18H,6H2,1-2H3. The predicted molar refractivity (Wildman–Crippen MR) is 69.4 cm³/mol. The van der Waals surface area contributed by atoms with Crippen molar-refractivity contribution in [1.29, 1.82) is 0 Å². The highest BCUT2D eigenvalue weighted by molar-refractivity contribution is 7.82. The van der Waals surface area contributed by atoms with Gasteiger partial charge in [-0.1, -0.05) is 0 Å². The van der Waals surface area contributed by atoms with Gasteiger partial charge in [0.25, 0.3) is 0 Å². The van der Waals surface area contributed by atoms with Crippen molar-refractivity contribution in [2.45, 2.75) is 11.7 Å². The molecule has 0 saturated carbocycles. The number of amides is 2. The van der Waals surface area contributed by atoms with Gasteiger partial charge in [0, 0.05) is 12.5 Å². The smallest absolute Gasteiger partial charge is 0.247 e. The van der Waals surface area contributed by atoms with Crippen LogP contribution in [-0.2, 0) is 9.59 Å². The molecule has 1 aliphatic heterocycles. The first-order valence-electron chi connectivity index (χ1n) is 5.35. The molecule has 0 spiro atoms. The fraction of sp³-hybridized carbons (Fsp3) is 0.333. The Balaban J connectivity index is 2.40. The summed E-state index contributed by atoms with van der Waals surface area (Å²) in [4.78, 5) is 24.7. The number of rotatable bonds is 3. The zero-order valence-electron chi connectivity index (χ0n) is 10.0. The first-order chi connectivity index (χ1) is 8.58. The van der Waals surface area contributed by atoms with Crippen LogP contribution in [0.15, 0.2) is 18.2 Å². The molecule has 1 aromatic carbocycles. The van der Waals surface area contributed by atoms with E-state index in [-0.39, 0.29) is 18.2 Å². The highest BCUT2D eigenvalue weighted by atomic mass is 32.1. The topological polar surface area (TPSA) is 55.8 Å².